The number of nitrogens with zero attached hydrogens (tertiary/aromatic N) is 2. The van der Waals surface area contributed by atoms with E-state index in [1.807, 2.05) is 29.2 Å². The monoisotopic (exact) mass is 326 g/mol. The lowest BCUT2D eigenvalue weighted by molar-refractivity contribution is 0.0986. The van der Waals surface area contributed by atoms with E-state index in [4.69, 9.17) is 9.47 Å². The average molecular weight is 326 g/mol. The van der Waals surface area contributed by atoms with Crippen molar-refractivity contribution >= 4 is 17.3 Å². The fraction of sp³-hybridized carbons (Fsp3) is 0.316. The highest BCUT2D eigenvalue weighted by molar-refractivity contribution is 6.08. The van der Waals surface area contributed by atoms with E-state index in [9.17, 15) is 4.79 Å². The molecule has 3 rings (SSSR count). The Morgan fingerprint density at radius 3 is 2.21 bits per heavy atom. The van der Waals surface area contributed by atoms with Gasteiger partial charge in [0.2, 0.25) is 0 Å². The third-order valence-corrected chi connectivity index (χ3v) is 4.30. The van der Waals surface area contributed by atoms with Gasteiger partial charge in [-0.3, -0.25) is 4.79 Å². The lowest BCUT2D eigenvalue weighted by Crippen LogP contribution is -2.31. The van der Waals surface area contributed by atoms with Gasteiger partial charge in [-0.25, -0.2) is 0 Å². The number of rotatable bonds is 3. The Balaban J connectivity index is 2.02. The quantitative estimate of drug-likeness (QED) is 0.869. The summed E-state index contributed by atoms with van der Waals surface area (Å²) in [6.07, 6.45) is 0.915. The van der Waals surface area contributed by atoms with Gasteiger partial charge in [-0.05, 0) is 30.7 Å². The van der Waals surface area contributed by atoms with Gasteiger partial charge in [-0.1, -0.05) is 12.1 Å². The molecule has 0 spiro atoms. The molecule has 1 heterocycles. The van der Waals surface area contributed by atoms with Gasteiger partial charge < -0.3 is 19.3 Å². The number of hydrogen-bond donors (Lipinski definition) is 0. The number of amides is 1. The van der Waals surface area contributed by atoms with Crippen molar-refractivity contribution in [2.24, 2.45) is 0 Å². The molecule has 2 aromatic carbocycles. The highest BCUT2D eigenvalue weighted by atomic mass is 16.5. The number of methoxy groups -OCH3 is 2. The number of carbonyl (C=O) groups excluding carboxylic acids is 1. The molecule has 24 heavy (non-hydrogen) atoms. The lowest BCUT2D eigenvalue weighted by Gasteiger charge is -2.24. The number of fused-ring (bicyclic) bond motifs is 1. The van der Waals surface area contributed by atoms with Crippen LogP contribution in [0.4, 0.5) is 11.4 Å². The number of hydrogen-bond acceptors (Lipinski definition) is 4. The van der Waals surface area contributed by atoms with Crippen LogP contribution < -0.4 is 19.3 Å². The molecule has 1 aliphatic heterocycles. The van der Waals surface area contributed by atoms with E-state index in [1.165, 1.54) is 0 Å². The molecule has 5 nitrogen and oxygen atoms in total. The van der Waals surface area contributed by atoms with Gasteiger partial charge in [-0.2, -0.15) is 0 Å². The first-order valence-corrected chi connectivity index (χ1v) is 7.99. The largest absolute Gasteiger partial charge is 0.497 e. The number of carbonyl (C=O) groups is 1. The number of para-hydroxylation sites is 2. The highest BCUT2D eigenvalue weighted by Gasteiger charge is 2.24. The second-order valence-corrected chi connectivity index (χ2v) is 5.82. The molecular weight excluding hydrogens is 304 g/mol. The Hall–Kier alpha value is -2.69. The standard InChI is InChI=1S/C19H22N2O3/c1-20-9-6-10-21(18-8-5-4-7-17(18)20)19(22)14-11-15(23-2)13-16(12-14)24-3/h4-5,7-8,11-13H,6,9-10H2,1-3H3. The Morgan fingerprint density at radius 1 is 0.958 bits per heavy atom. The van der Waals surface area contributed by atoms with E-state index in [0.29, 0.717) is 23.6 Å². The van der Waals surface area contributed by atoms with Crippen molar-refractivity contribution in [1.82, 2.24) is 0 Å². The molecule has 0 saturated carbocycles. The molecule has 0 bridgehead atoms. The van der Waals surface area contributed by atoms with Crippen molar-refractivity contribution in [1.29, 1.82) is 0 Å². The van der Waals surface area contributed by atoms with Crippen molar-refractivity contribution in [2.45, 2.75) is 6.42 Å². The summed E-state index contributed by atoms with van der Waals surface area (Å²) in [5.74, 6) is 1.17. The molecule has 0 atom stereocenters. The maximum Gasteiger partial charge on any atom is 0.258 e. The zero-order valence-electron chi connectivity index (χ0n) is 14.3. The third-order valence-electron chi connectivity index (χ3n) is 4.30. The Bertz CT molecular complexity index is 723. The Kier molecular flexibility index (Phi) is 4.60. The summed E-state index contributed by atoms with van der Waals surface area (Å²) in [5, 5.41) is 0. The molecule has 0 saturated heterocycles. The van der Waals surface area contributed by atoms with Gasteiger partial charge in [0, 0.05) is 31.8 Å². The molecule has 0 aromatic heterocycles. The number of benzene rings is 2. The van der Waals surface area contributed by atoms with E-state index < -0.39 is 0 Å². The zero-order valence-corrected chi connectivity index (χ0v) is 14.3. The Morgan fingerprint density at radius 2 is 1.58 bits per heavy atom. The van der Waals surface area contributed by atoms with E-state index in [1.54, 1.807) is 32.4 Å². The summed E-state index contributed by atoms with van der Waals surface area (Å²) in [4.78, 5) is 17.2. The molecule has 0 N–H and O–H groups in total. The summed E-state index contributed by atoms with van der Waals surface area (Å²) < 4.78 is 10.6. The first-order valence-electron chi connectivity index (χ1n) is 7.99. The smallest absolute Gasteiger partial charge is 0.258 e. The third kappa shape index (κ3) is 3.02. The summed E-state index contributed by atoms with van der Waals surface area (Å²) in [7, 11) is 5.22. The summed E-state index contributed by atoms with van der Waals surface area (Å²) in [5.41, 5.74) is 2.56. The molecule has 2 aromatic rings. The van der Waals surface area contributed by atoms with Crippen molar-refractivity contribution in [3.8, 4) is 11.5 Å². The average Bonchev–Trinajstić information content (AvgIpc) is 2.80. The minimum atomic E-state index is -0.0463. The molecule has 0 unspecified atom stereocenters. The molecule has 0 radical (unpaired) electrons. The van der Waals surface area contributed by atoms with Crippen LogP contribution in [-0.2, 0) is 0 Å². The predicted molar refractivity (Wildman–Crippen MR) is 95.6 cm³/mol. The van der Waals surface area contributed by atoms with Gasteiger partial charge in [0.15, 0.2) is 0 Å². The van der Waals surface area contributed by atoms with Crippen molar-refractivity contribution in [3.63, 3.8) is 0 Å². The Labute approximate surface area is 142 Å². The summed E-state index contributed by atoms with van der Waals surface area (Å²) in [6, 6.07) is 13.3. The van der Waals surface area contributed by atoms with Crippen LogP contribution in [0.15, 0.2) is 42.5 Å². The molecule has 1 aliphatic rings. The van der Waals surface area contributed by atoms with Crippen LogP contribution in [0.2, 0.25) is 0 Å². The first-order chi connectivity index (χ1) is 11.6. The van der Waals surface area contributed by atoms with Crippen LogP contribution in [0.1, 0.15) is 16.8 Å². The van der Waals surface area contributed by atoms with Crippen LogP contribution in [0, 0.1) is 0 Å². The van der Waals surface area contributed by atoms with E-state index in [0.717, 1.165) is 24.3 Å². The molecule has 0 aliphatic carbocycles. The highest BCUT2D eigenvalue weighted by Crippen LogP contribution is 2.33. The first kappa shape index (κ1) is 16.2. The van der Waals surface area contributed by atoms with Gasteiger partial charge >= 0.3 is 0 Å². The van der Waals surface area contributed by atoms with E-state index >= 15 is 0 Å². The summed E-state index contributed by atoms with van der Waals surface area (Å²) in [6.45, 7) is 1.60. The van der Waals surface area contributed by atoms with Crippen LogP contribution in [0.3, 0.4) is 0 Å². The molecular formula is C19H22N2O3. The van der Waals surface area contributed by atoms with Crippen molar-refractivity contribution in [3.05, 3.63) is 48.0 Å². The minimum absolute atomic E-state index is 0.0463. The number of ether oxygens (including phenoxy) is 2. The van der Waals surface area contributed by atoms with Crippen LogP contribution >= 0.6 is 0 Å². The van der Waals surface area contributed by atoms with Crippen LogP contribution in [0.25, 0.3) is 0 Å². The number of anilines is 2. The fourth-order valence-corrected chi connectivity index (χ4v) is 3.02. The van der Waals surface area contributed by atoms with Crippen molar-refractivity contribution in [2.75, 3.05) is 44.2 Å². The van der Waals surface area contributed by atoms with Crippen molar-refractivity contribution < 1.29 is 14.3 Å². The van der Waals surface area contributed by atoms with Crippen LogP contribution in [-0.4, -0.2) is 40.3 Å². The second kappa shape index (κ2) is 6.83. The SMILES string of the molecule is COc1cc(OC)cc(C(=O)N2CCCN(C)c3ccccc32)c1. The van der Waals surface area contributed by atoms with Gasteiger partial charge in [-0.15, -0.1) is 0 Å². The maximum atomic E-state index is 13.2. The fourth-order valence-electron chi connectivity index (χ4n) is 3.02. The predicted octanol–water partition coefficient (Wildman–Crippen LogP) is 3.19. The second-order valence-electron chi connectivity index (χ2n) is 5.82. The minimum Gasteiger partial charge on any atom is -0.497 e. The van der Waals surface area contributed by atoms with Gasteiger partial charge in [0.25, 0.3) is 5.91 Å². The topological polar surface area (TPSA) is 42.0 Å². The van der Waals surface area contributed by atoms with E-state index in [2.05, 4.69) is 11.9 Å². The molecule has 126 valence electrons. The van der Waals surface area contributed by atoms with Gasteiger partial charge in [0.1, 0.15) is 11.5 Å². The molecule has 1 amide bonds. The summed E-state index contributed by atoms with van der Waals surface area (Å²) >= 11 is 0. The zero-order chi connectivity index (χ0) is 17.1. The normalized spacial score (nSPS) is 14.0. The lowest BCUT2D eigenvalue weighted by atomic mass is 10.1. The molecule has 0 fully saturated rings. The van der Waals surface area contributed by atoms with Gasteiger partial charge in [0.05, 0.1) is 25.6 Å². The van der Waals surface area contributed by atoms with E-state index in [-0.39, 0.29) is 5.91 Å². The van der Waals surface area contributed by atoms with Crippen LogP contribution in [0.5, 0.6) is 11.5 Å². The molecule has 5 heteroatoms. The maximum absolute atomic E-state index is 13.2.